The van der Waals surface area contributed by atoms with Crippen LogP contribution in [0.1, 0.15) is 13.3 Å². The summed E-state index contributed by atoms with van der Waals surface area (Å²) in [5, 5.41) is 3.09. The van der Waals surface area contributed by atoms with Gasteiger partial charge in [-0.05, 0) is 6.92 Å². The fraction of sp³-hybridized carbons (Fsp3) is 0.429. The first-order valence-electron chi connectivity index (χ1n) is 3.87. The van der Waals surface area contributed by atoms with Gasteiger partial charge in [-0.2, -0.15) is 18.3 Å². The van der Waals surface area contributed by atoms with Crippen LogP contribution in [0.3, 0.4) is 0 Å². The van der Waals surface area contributed by atoms with Crippen molar-refractivity contribution in [2.45, 2.75) is 19.5 Å². The maximum absolute atomic E-state index is 11.8. The van der Waals surface area contributed by atoms with Crippen LogP contribution in [0.4, 0.5) is 13.2 Å². The number of ketones is 1. The van der Waals surface area contributed by atoms with E-state index in [9.17, 15) is 27.6 Å². The number of alkyl halides is 3. The smallest absolute Gasteiger partial charge is 0.361 e. The molecule has 0 saturated carbocycles. The molecular weight excluding hydrogens is 231 g/mol. The minimum absolute atomic E-state index is 0.295. The minimum atomic E-state index is -4.95. The molecule has 0 fully saturated rings. The average molecular weight is 239 g/mol. The van der Waals surface area contributed by atoms with E-state index in [0.717, 1.165) is 6.92 Å². The Hall–Kier alpha value is -1.93. The molecule has 0 aliphatic carbocycles. The van der Waals surface area contributed by atoms with Gasteiger partial charge in [0, 0.05) is 5.71 Å². The third-order valence-corrected chi connectivity index (χ3v) is 1.30. The molecule has 9 heteroatoms. The Balaban J connectivity index is 4.32. The number of primary amides is 1. The molecule has 6 nitrogen and oxygen atoms in total. The number of rotatable bonds is 3. The Bertz CT molecular complexity index is 349. The maximum Gasteiger partial charge on any atom is 0.450 e. The van der Waals surface area contributed by atoms with Gasteiger partial charge in [-0.15, -0.1) is 0 Å². The Morgan fingerprint density at radius 1 is 1.31 bits per heavy atom. The lowest BCUT2D eigenvalue weighted by Crippen LogP contribution is -2.34. The predicted octanol–water partition coefficient (Wildman–Crippen LogP) is -0.515. The van der Waals surface area contributed by atoms with Crippen LogP contribution in [-0.2, 0) is 14.4 Å². The molecule has 0 aliphatic rings. The Labute approximate surface area is 87.7 Å². The van der Waals surface area contributed by atoms with Gasteiger partial charge in [0.05, 0.1) is 6.42 Å². The highest BCUT2D eigenvalue weighted by molar-refractivity contribution is 6.34. The number of amides is 2. The van der Waals surface area contributed by atoms with Crippen molar-refractivity contribution in [3.63, 3.8) is 0 Å². The summed E-state index contributed by atoms with van der Waals surface area (Å²) in [6.07, 6.45) is -5.95. The molecule has 0 atom stereocenters. The van der Waals surface area contributed by atoms with E-state index in [-0.39, 0.29) is 5.71 Å². The van der Waals surface area contributed by atoms with Gasteiger partial charge in [0.25, 0.3) is 0 Å². The second-order valence-corrected chi connectivity index (χ2v) is 2.75. The molecule has 0 rings (SSSR count). The summed E-state index contributed by atoms with van der Waals surface area (Å²) in [6.45, 7) is 1.09. The molecule has 0 unspecified atom stereocenters. The molecule has 0 aromatic carbocycles. The van der Waals surface area contributed by atoms with Crippen LogP contribution in [0.25, 0.3) is 0 Å². The summed E-state index contributed by atoms with van der Waals surface area (Å²) < 4.78 is 35.3. The fourth-order valence-corrected chi connectivity index (χ4v) is 0.573. The van der Waals surface area contributed by atoms with E-state index in [4.69, 9.17) is 0 Å². The zero-order valence-electron chi connectivity index (χ0n) is 8.09. The quantitative estimate of drug-likeness (QED) is 0.393. The summed E-state index contributed by atoms with van der Waals surface area (Å²) in [6, 6.07) is 0. The molecule has 2 amide bonds. The predicted molar refractivity (Wildman–Crippen MR) is 46.1 cm³/mol. The van der Waals surface area contributed by atoms with Crippen LogP contribution in [0, 0.1) is 0 Å². The second kappa shape index (κ2) is 5.24. The van der Waals surface area contributed by atoms with Crippen LogP contribution >= 0.6 is 0 Å². The molecule has 0 aromatic heterocycles. The number of hydrogen-bond acceptors (Lipinski definition) is 4. The van der Waals surface area contributed by atoms with Crippen molar-refractivity contribution in [3.8, 4) is 0 Å². The van der Waals surface area contributed by atoms with Gasteiger partial charge in [-0.1, -0.05) is 0 Å². The molecule has 90 valence electrons. The molecule has 16 heavy (non-hydrogen) atoms. The summed E-state index contributed by atoms with van der Waals surface area (Å²) in [5.41, 5.74) is 5.82. The lowest BCUT2D eigenvalue weighted by molar-refractivity contribution is -0.169. The number of carbonyl (C=O) groups is 3. The van der Waals surface area contributed by atoms with Crippen LogP contribution in [0.15, 0.2) is 5.10 Å². The van der Waals surface area contributed by atoms with E-state index in [2.05, 4.69) is 10.8 Å². The van der Waals surface area contributed by atoms with Crippen molar-refractivity contribution < 1.29 is 27.6 Å². The molecule has 0 spiro atoms. The van der Waals surface area contributed by atoms with E-state index < -0.39 is 30.2 Å². The minimum Gasteiger partial charge on any atom is -0.361 e. The van der Waals surface area contributed by atoms with Gasteiger partial charge in [-0.25, -0.2) is 5.43 Å². The Kier molecular flexibility index (Phi) is 4.60. The summed E-state index contributed by atoms with van der Waals surface area (Å²) >= 11 is 0. The maximum atomic E-state index is 11.8. The number of nitrogens with two attached hydrogens (primary N) is 1. The van der Waals surface area contributed by atoms with Crippen LogP contribution in [0.2, 0.25) is 0 Å². The SMILES string of the molecule is C/C(CC(=O)C(F)(F)F)=N\NC(=O)C(N)=O. The molecule has 0 saturated heterocycles. The zero-order valence-corrected chi connectivity index (χ0v) is 8.09. The Morgan fingerprint density at radius 2 is 1.81 bits per heavy atom. The van der Waals surface area contributed by atoms with Crippen LogP contribution < -0.4 is 11.2 Å². The van der Waals surface area contributed by atoms with Crippen molar-refractivity contribution >= 4 is 23.3 Å². The zero-order chi connectivity index (χ0) is 12.9. The number of hydrogen-bond donors (Lipinski definition) is 2. The first kappa shape index (κ1) is 14.1. The van der Waals surface area contributed by atoms with Gasteiger partial charge < -0.3 is 5.73 Å². The highest BCUT2D eigenvalue weighted by Gasteiger charge is 2.38. The van der Waals surface area contributed by atoms with Gasteiger partial charge in [-0.3, -0.25) is 14.4 Å². The number of nitrogens with one attached hydrogen (secondary N) is 1. The standard InChI is InChI=1S/C7H8F3N3O3/c1-3(2-4(14)7(8,9)10)12-13-6(16)5(11)15/h2H2,1H3,(H2,11,15)(H,13,16)/b12-3+. The third-order valence-electron chi connectivity index (χ3n) is 1.30. The van der Waals surface area contributed by atoms with E-state index >= 15 is 0 Å². The molecule has 3 N–H and O–H groups in total. The van der Waals surface area contributed by atoms with Gasteiger partial charge in [0.15, 0.2) is 0 Å². The third kappa shape index (κ3) is 5.08. The van der Waals surface area contributed by atoms with E-state index in [1.807, 2.05) is 0 Å². The topological polar surface area (TPSA) is 102 Å². The van der Waals surface area contributed by atoms with Crippen molar-refractivity contribution in [2.75, 3.05) is 0 Å². The van der Waals surface area contributed by atoms with Crippen molar-refractivity contribution in [3.05, 3.63) is 0 Å². The van der Waals surface area contributed by atoms with Crippen molar-refractivity contribution in [1.29, 1.82) is 0 Å². The van der Waals surface area contributed by atoms with E-state index in [1.54, 1.807) is 5.43 Å². The van der Waals surface area contributed by atoms with Gasteiger partial charge in [0.2, 0.25) is 5.78 Å². The second-order valence-electron chi connectivity index (χ2n) is 2.75. The van der Waals surface area contributed by atoms with Gasteiger partial charge in [0.1, 0.15) is 0 Å². The van der Waals surface area contributed by atoms with E-state index in [0.29, 0.717) is 0 Å². The van der Waals surface area contributed by atoms with Crippen molar-refractivity contribution in [1.82, 2.24) is 5.43 Å². The first-order chi connectivity index (χ1) is 7.14. The van der Waals surface area contributed by atoms with E-state index in [1.165, 1.54) is 0 Å². The number of carbonyl (C=O) groups excluding carboxylic acids is 3. The van der Waals surface area contributed by atoms with Crippen LogP contribution in [0.5, 0.6) is 0 Å². The fourth-order valence-electron chi connectivity index (χ4n) is 0.573. The number of Topliss-reactive ketones (excluding diaryl/α,β-unsaturated/α-hetero) is 1. The molecule has 0 heterocycles. The first-order valence-corrected chi connectivity index (χ1v) is 3.87. The highest BCUT2D eigenvalue weighted by Crippen LogP contribution is 2.17. The molecule has 0 aromatic rings. The summed E-state index contributed by atoms with van der Waals surface area (Å²) in [4.78, 5) is 31.2. The lowest BCUT2D eigenvalue weighted by atomic mass is 10.2. The molecule has 0 bridgehead atoms. The molecular formula is C7H8F3N3O3. The Morgan fingerprint density at radius 3 is 2.19 bits per heavy atom. The lowest BCUT2D eigenvalue weighted by Gasteiger charge is -2.04. The monoisotopic (exact) mass is 239 g/mol. The van der Waals surface area contributed by atoms with Crippen LogP contribution in [-0.4, -0.2) is 29.5 Å². The molecule has 0 aliphatic heterocycles. The van der Waals surface area contributed by atoms with Gasteiger partial charge >= 0.3 is 18.0 Å². The summed E-state index contributed by atoms with van der Waals surface area (Å²) in [7, 11) is 0. The summed E-state index contributed by atoms with van der Waals surface area (Å²) in [5.74, 6) is -4.61. The average Bonchev–Trinajstić information content (AvgIpc) is 2.12. The molecule has 0 radical (unpaired) electrons. The number of nitrogens with zero attached hydrogens (tertiary/aromatic N) is 1. The normalized spacial score (nSPS) is 12.1. The highest BCUT2D eigenvalue weighted by atomic mass is 19.4. The number of halogens is 3. The number of hydrazone groups is 1. The van der Waals surface area contributed by atoms with Crippen molar-refractivity contribution in [2.24, 2.45) is 10.8 Å². The largest absolute Gasteiger partial charge is 0.450 e.